The molecule has 40 heavy (non-hydrogen) atoms. The smallest absolute Gasteiger partial charge is 0.336 e. The highest BCUT2D eigenvalue weighted by molar-refractivity contribution is 8.00. The van der Waals surface area contributed by atoms with Crippen molar-refractivity contribution in [2.24, 2.45) is 10.2 Å². The summed E-state index contributed by atoms with van der Waals surface area (Å²) >= 11 is 1.26. The normalized spacial score (nSPS) is 15.0. The van der Waals surface area contributed by atoms with Crippen molar-refractivity contribution in [2.45, 2.75) is 16.6 Å². The van der Waals surface area contributed by atoms with Gasteiger partial charge in [-0.25, -0.2) is 9.69 Å². The molecule has 10 heteroatoms. The predicted molar refractivity (Wildman–Crippen MR) is 152 cm³/mol. The summed E-state index contributed by atoms with van der Waals surface area (Å²) in [5.74, 6) is -2.33. The van der Waals surface area contributed by atoms with Crippen molar-refractivity contribution in [1.82, 2.24) is 0 Å². The molecule has 3 amide bonds. The first-order valence-electron chi connectivity index (χ1n) is 12.2. The molecule has 0 aromatic heterocycles. The number of imide groups is 1. The van der Waals surface area contributed by atoms with Crippen LogP contribution in [0.4, 0.5) is 22.7 Å². The van der Waals surface area contributed by atoms with Crippen LogP contribution in [0.15, 0.2) is 118 Å². The van der Waals surface area contributed by atoms with Gasteiger partial charge in [0.2, 0.25) is 11.8 Å². The van der Waals surface area contributed by atoms with Crippen molar-refractivity contribution < 1.29 is 24.3 Å². The molecule has 1 heterocycles. The molecule has 0 aliphatic carbocycles. The minimum atomic E-state index is -1.19. The molecule has 0 saturated carbocycles. The van der Waals surface area contributed by atoms with Gasteiger partial charge in [-0.15, -0.1) is 11.8 Å². The molecule has 0 bridgehead atoms. The molecule has 0 spiro atoms. The number of anilines is 2. The third-order valence-corrected chi connectivity index (χ3v) is 7.24. The lowest BCUT2D eigenvalue weighted by Gasteiger charge is -2.15. The lowest BCUT2D eigenvalue weighted by molar-refractivity contribution is -0.121. The fourth-order valence-corrected chi connectivity index (χ4v) is 5.15. The van der Waals surface area contributed by atoms with E-state index in [-0.39, 0.29) is 29.4 Å². The molecule has 9 nitrogen and oxygen atoms in total. The Balaban J connectivity index is 1.21. The molecule has 2 N–H and O–H groups in total. The third kappa shape index (κ3) is 5.97. The Labute approximate surface area is 233 Å². The van der Waals surface area contributed by atoms with E-state index in [1.54, 1.807) is 60.7 Å². The van der Waals surface area contributed by atoms with Gasteiger partial charge >= 0.3 is 5.97 Å². The Bertz CT molecular complexity index is 1610. The number of rotatable bonds is 8. The summed E-state index contributed by atoms with van der Waals surface area (Å²) in [5, 5.41) is 19.8. The second-order valence-corrected chi connectivity index (χ2v) is 10.0. The number of carboxylic acid groups (broad SMARTS) is 1. The van der Waals surface area contributed by atoms with E-state index < -0.39 is 17.1 Å². The van der Waals surface area contributed by atoms with Crippen LogP contribution in [0.1, 0.15) is 27.1 Å². The van der Waals surface area contributed by atoms with Crippen molar-refractivity contribution in [2.75, 3.05) is 10.2 Å². The SMILES string of the molecule is O=C(O)c1ccccc1C(=O)Nc1ccc(S[C@H]2CC(=O)N(c3ccc(N=Nc4ccccc4)cc3)C2=O)cc1. The van der Waals surface area contributed by atoms with Crippen LogP contribution >= 0.6 is 11.8 Å². The minimum absolute atomic E-state index is 0.0518. The molecule has 0 unspecified atom stereocenters. The van der Waals surface area contributed by atoms with E-state index in [9.17, 15) is 24.3 Å². The van der Waals surface area contributed by atoms with E-state index in [0.29, 0.717) is 17.1 Å². The van der Waals surface area contributed by atoms with Crippen molar-refractivity contribution in [3.8, 4) is 0 Å². The molecule has 4 aromatic carbocycles. The molecule has 198 valence electrons. The van der Waals surface area contributed by atoms with Crippen molar-refractivity contribution in [3.05, 3.63) is 114 Å². The first-order chi connectivity index (χ1) is 19.4. The summed E-state index contributed by atoms with van der Waals surface area (Å²) in [5.41, 5.74) is 2.21. The number of carbonyl (C=O) groups is 4. The zero-order valence-corrected chi connectivity index (χ0v) is 21.7. The fraction of sp³-hybridized carbons (Fsp3) is 0.0667. The number of azo groups is 1. The van der Waals surface area contributed by atoms with Gasteiger partial charge in [0.1, 0.15) is 0 Å². The van der Waals surface area contributed by atoms with Crippen LogP contribution in [0, 0.1) is 0 Å². The number of hydrogen-bond donors (Lipinski definition) is 2. The molecular formula is C30H22N4O5S. The highest BCUT2D eigenvalue weighted by atomic mass is 32.2. The molecule has 1 aliphatic heterocycles. The van der Waals surface area contributed by atoms with Gasteiger partial charge in [-0.1, -0.05) is 30.3 Å². The van der Waals surface area contributed by atoms with Crippen LogP contribution in [-0.2, 0) is 9.59 Å². The van der Waals surface area contributed by atoms with Crippen LogP contribution in [0.3, 0.4) is 0 Å². The lowest BCUT2D eigenvalue weighted by atomic mass is 10.1. The standard InChI is InChI=1S/C30H22N4O5S/c35-27-18-26(29(37)34(27)22-14-10-21(11-15-22)33-32-20-6-2-1-3-7-20)40-23-16-12-19(13-17-23)31-28(36)24-8-4-5-9-25(24)30(38)39/h1-17,26H,18H2,(H,31,36)(H,38,39)/t26-/m0/s1. The maximum absolute atomic E-state index is 13.1. The monoisotopic (exact) mass is 550 g/mol. The van der Waals surface area contributed by atoms with Gasteiger partial charge in [0.15, 0.2) is 0 Å². The van der Waals surface area contributed by atoms with Crippen molar-refractivity contribution >= 4 is 58.2 Å². The van der Waals surface area contributed by atoms with Crippen LogP contribution < -0.4 is 10.2 Å². The number of nitrogens with one attached hydrogen (secondary N) is 1. The number of amides is 3. The van der Waals surface area contributed by atoms with E-state index in [1.807, 2.05) is 30.3 Å². The van der Waals surface area contributed by atoms with E-state index >= 15 is 0 Å². The second-order valence-electron chi connectivity index (χ2n) is 8.76. The number of nitrogens with zero attached hydrogens (tertiary/aromatic N) is 3. The van der Waals surface area contributed by atoms with E-state index in [4.69, 9.17) is 0 Å². The summed E-state index contributed by atoms with van der Waals surface area (Å²) in [6.07, 6.45) is 0.0590. The molecule has 1 atom stereocenters. The van der Waals surface area contributed by atoms with Gasteiger partial charge in [-0.05, 0) is 72.8 Å². The van der Waals surface area contributed by atoms with E-state index in [2.05, 4.69) is 15.5 Å². The average Bonchev–Trinajstić information content (AvgIpc) is 3.25. The molecule has 1 saturated heterocycles. The van der Waals surface area contributed by atoms with E-state index in [0.717, 1.165) is 10.6 Å². The number of carboxylic acids is 1. The Morgan fingerprint density at radius 3 is 2.02 bits per heavy atom. The number of carbonyl (C=O) groups excluding carboxylic acids is 3. The molecule has 1 aliphatic rings. The summed E-state index contributed by atoms with van der Waals surface area (Å²) in [6.45, 7) is 0. The van der Waals surface area contributed by atoms with Crippen LogP contribution in [-0.4, -0.2) is 34.0 Å². The third-order valence-electron chi connectivity index (χ3n) is 6.04. The lowest BCUT2D eigenvalue weighted by Crippen LogP contribution is -2.30. The Morgan fingerprint density at radius 2 is 1.38 bits per heavy atom. The molecular weight excluding hydrogens is 528 g/mol. The van der Waals surface area contributed by atoms with Gasteiger partial charge in [-0.2, -0.15) is 10.2 Å². The topological polar surface area (TPSA) is 128 Å². The first kappa shape index (κ1) is 26.5. The quantitative estimate of drug-likeness (QED) is 0.191. The van der Waals surface area contributed by atoms with Crippen molar-refractivity contribution in [1.29, 1.82) is 0 Å². The molecule has 1 fully saturated rings. The number of aromatic carboxylic acids is 1. The van der Waals surface area contributed by atoms with Gasteiger partial charge in [0.05, 0.1) is 33.4 Å². The second kappa shape index (κ2) is 11.7. The minimum Gasteiger partial charge on any atom is -0.478 e. The van der Waals surface area contributed by atoms with Crippen LogP contribution in [0.5, 0.6) is 0 Å². The zero-order valence-electron chi connectivity index (χ0n) is 20.9. The van der Waals surface area contributed by atoms with Gasteiger partial charge in [-0.3, -0.25) is 14.4 Å². The molecule has 4 aromatic rings. The Morgan fingerprint density at radius 1 is 0.775 bits per heavy atom. The van der Waals surface area contributed by atoms with Gasteiger partial charge < -0.3 is 10.4 Å². The highest BCUT2D eigenvalue weighted by Gasteiger charge is 2.40. The van der Waals surface area contributed by atoms with E-state index in [1.165, 1.54) is 28.8 Å². The predicted octanol–water partition coefficient (Wildman–Crippen LogP) is 6.48. The van der Waals surface area contributed by atoms with Crippen LogP contribution in [0.25, 0.3) is 0 Å². The summed E-state index contributed by atoms with van der Waals surface area (Å²) in [4.78, 5) is 51.8. The maximum atomic E-state index is 13.1. The zero-order chi connectivity index (χ0) is 28.1. The number of hydrogen-bond acceptors (Lipinski definition) is 7. The average molecular weight is 551 g/mol. The Hall–Kier alpha value is -5.09. The summed E-state index contributed by atoms with van der Waals surface area (Å²) in [7, 11) is 0. The first-order valence-corrected chi connectivity index (χ1v) is 13.1. The molecule has 0 radical (unpaired) electrons. The maximum Gasteiger partial charge on any atom is 0.336 e. The largest absolute Gasteiger partial charge is 0.478 e. The number of benzene rings is 4. The molecule has 5 rings (SSSR count). The Kier molecular flexibility index (Phi) is 7.79. The summed E-state index contributed by atoms with van der Waals surface area (Å²) < 4.78 is 0. The van der Waals surface area contributed by atoms with Crippen LogP contribution in [0.2, 0.25) is 0 Å². The highest BCUT2D eigenvalue weighted by Crippen LogP contribution is 2.35. The number of thioether (sulfide) groups is 1. The summed E-state index contributed by atoms with van der Waals surface area (Å²) in [6, 6.07) is 28.8. The van der Waals surface area contributed by atoms with Gasteiger partial charge in [0.25, 0.3) is 5.91 Å². The van der Waals surface area contributed by atoms with Gasteiger partial charge in [0, 0.05) is 17.0 Å². The fourth-order valence-electron chi connectivity index (χ4n) is 4.09. The van der Waals surface area contributed by atoms with Crippen molar-refractivity contribution in [3.63, 3.8) is 0 Å².